The van der Waals surface area contributed by atoms with Crippen LogP contribution < -0.4 is 0 Å². The summed E-state index contributed by atoms with van der Waals surface area (Å²) in [6.07, 6.45) is 10.1. The zero-order valence-corrected chi connectivity index (χ0v) is 8.17. The fourth-order valence-corrected chi connectivity index (χ4v) is 1.40. The van der Waals surface area contributed by atoms with Gasteiger partial charge < -0.3 is 0 Å². The summed E-state index contributed by atoms with van der Waals surface area (Å²) in [5.74, 6) is 1.43. The zero-order chi connectivity index (χ0) is 8.69. The molecule has 2 unspecified atom stereocenters. The Labute approximate surface area is 71.0 Å². The molecule has 0 aromatic rings. The minimum absolute atomic E-state index is 0.714. The third kappa shape index (κ3) is 5.90. The van der Waals surface area contributed by atoms with E-state index < -0.39 is 0 Å². The summed E-state index contributed by atoms with van der Waals surface area (Å²) in [6, 6.07) is 0. The SMILES string of the molecule is CC=CC(C)CC(C)C=CC. The van der Waals surface area contributed by atoms with Crippen LogP contribution in [0.2, 0.25) is 0 Å². The van der Waals surface area contributed by atoms with Gasteiger partial charge in [0.2, 0.25) is 0 Å². The van der Waals surface area contributed by atoms with E-state index in [1.807, 2.05) is 0 Å². The molecule has 0 N–H and O–H groups in total. The third-order valence-corrected chi connectivity index (χ3v) is 1.79. The molecule has 11 heavy (non-hydrogen) atoms. The van der Waals surface area contributed by atoms with E-state index in [1.165, 1.54) is 6.42 Å². The van der Waals surface area contributed by atoms with E-state index in [1.54, 1.807) is 0 Å². The maximum Gasteiger partial charge on any atom is -0.0257 e. The molecule has 0 aliphatic carbocycles. The average molecular weight is 152 g/mol. The Morgan fingerprint density at radius 3 is 1.55 bits per heavy atom. The summed E-state index contributed by atoms with van der Waals surface area (Å²) < 4.78 is 0. The van der Waals surface area contributed by atoms with Gasteiger partial charge in [-0.25, -0.2) is 0 Å². The summed E-state index contributed by atoms with van der Waals surface area (Å²) in [5.41, 5.74) is 0. The molecule has 0 bridgehead atoms. The molecule has 0 aromatic carbocycles. The van der Waals surface area contributed by atoms with Gasteiger partial charge in [-0.1, -0.05) is 38.2 Å². The van der Waals surface area contributed by atoms with Crippen LogP contribution in [0.1, 0.15) is 34.1 Å². The van der Waals surface area contributed by atoms with Crippen LogP contribution in [0.15, 0.2) is 24.3 Å². The number of allylic oxidation sites excluding steroid dienone is 4. The molecule has 0 saturated carbocycles. The lowest BCUT2D eigenvalue weighted by molar-refractivity contribution is 0.543. The highest BCUT2D eigenvalue weighted by atomic mass is 14.1. The molecule has 0 aromatic heterocycles. The van der Waals surface area contributed by atoms with Gasteiger partial charge in [0.25, 0.3) is 0 Å². The van der Waals surface area contributed by atoms with Crippen LogP contribution >= 0.6 is 0 Å². The van der Waals surface area contributed by atoms with E-state index in [2.05, 4.69) is 52.0 Å². The van der Waals surface area contributed by atoms with Crippen molar-refractivity contribution in [2.24, 2.45) is 11.8 Å². The van der Waals surface area contributed by atoms with E-state index in [0.29, 0.717) is 11.8 Å². The molecule has 0 spiro atoms. The molecule has 0 heteroatoms. The Morgan fingerprint density at radius 1 is 0.909 bits per heavy atom. The monoisotopic (exact) mass is 152 g/mol. The number of rotatable bonds is 4. The van der Waals surface area contributed by atoms with Gasteiger partial charge in [0, 0.05) is 0 Å². The normalized spacial score (nSPS) is 17.8. The van der Waals surface area contributed by atoms with Gasteiger partial charge in [-0.2, -0.15) is 0 Å². The van der Waals surface area contributed by atoms with Crippen molar-refractivity contribution in [2.45, 2.75) is 34.1 Å². The first kappa shape index (κ1) is 10.5. The van der Waals surface area contributed by atoms with Crippen LogP contribution in [-0.4, -0.2) is 0 Å². The van der Waals surface area contributed by atoms with Gasteiger partial charge in [-0.05, 0) is 32.1 Å². The molecule has 0 fully saturated rings. The van der Waals surface area contributed by atoms with E-state index in [4.69, 9.17) is 0 Å². The summed E-state index contributed by atoms with van der Waals surface area (Å²) in [7, 11) is 0. The van der Waals surface area contributed by atoms with Crippen molar-refractivity contribution in [3.8, 4) is 0 Å². The predicted molar refractivity (Wildman–Crippen MR) is 52.6 cm³/mol. The van der Waals surface area contributed by atoms with Gasteiger partial charge >= 0.3 is 0 Å². The lowest BCUT2D eigenvalue weighted by atomic mass is 9.97. The Hall–Kier alpha value is -0.520. The maximum absolute atomic E-state index is 2.26. The molecule has 0 saturated heterocycles. The van der Waals surface area contributed by atoms with Crippen LogP contribution in [0.5, 0.6) is 0 Å². The molecule has 0 aliphatic heterocycles. The first-order chi connectivity index (χ1) is 5.20. The largest absolute Gasteiger partial charge is 0.0914 e. The fraction of sp³-hybridized carbons (Fsp3) is 0.636. The molecule has 0 nitrogen and oxygen atoms in total. The molecule has 0 aliphatic rings. The van der Waals surface area contributed by atoms with Crippen LogP contribution in [-0.2, 0) is 0 Å². The highest BCUT2D eigenvalue weighted by Crippen LogP contribution is 2.13. The Kier molecular flexibility index (Phi) is 5.91. The first-order valence-electron chi connectivity index (χ1n) is 4.46. The Bertz CT molecular complexity index is 115. The van der Waals surface area contributed by atoms with Gasteiger partial charge in [0.15, 0.2) is 0 Å². The molecule has 0 radical (unpaired) electrons. The first-order valence-corrected chi connectivity index (χ1v) is 4.46. The van der Waals surface area contributed by atoms with Crippen molar-refractivity contribution < 1.29 is 0 Å². The van der Waals surface area contributed by atoms with E-state index in [9.17, 15) is 0 Å². The van der Waals surface area contributed by atoms with Crippen molar-refractivity contribution in [3.05, 3.63) is 24.3 Å². The zero-order valence-electron chi connectivity index (χ0n) is 8.17. The second kappa shape index (κ2) is 6.21. The molecule has 0 amide bonds. The quantitative estimate of drug-likeness (QED) is 0.537. The van der Waals surface area contributed by atoms with Crippen molar-refractivity contribution in [2.75, 3.05) is 0 Å². The molecular formula is C11H20. The van der Waals surface area contributed by atoms with Crippen molar-refractivity contribution in [1.82, 2.24) is 0 Å². The topological polar surface area (TPSA) is 0 Å². The van der Waals surface area contributed by atoms with Crippen molar-refractivity contribution in [3.63, 3.8) is 0 Å². The summed E-state index contributed by atoms with van der Waals surface area (Å²) in [5, 5.41) is 0. The molecule has 2 atom stereocenters. The Morgan fingerprint density at radius 2 is 1.27 bits per heavy atom. The van der Waals surface area contributed by atoms with Gasteiger partial charge in [0.05, 0.1) is 0 Å². The van der Waals surface area contributed by atoms with Gasteiger partial charge in [-0.3, -0.25) is 0 Å². The molecule has 0 heterocycles. The van der Waals surface area contributed by atoms with Crippen molar-refractivity contribution >= 4 is 0 Å². The van der Waals surface area contributed by atoms with Crippen LogP contribution in [0.4, 0.5) is 0 Å². The van der Waals surface area contributed by atoms with E-state index in [-0.39, 0.29) is 0 Å². The summed E-state index contributed by atoms with van der Waals surface area (Å²) in [6.45, 7) is 8.69. The molecule has 0 rings (SSSR count). The highest BCUT2D eigenvalue weighted by Gasteiger charge is 2.01. The van der Waals surface area contributed by atoms with Crippen LogP contribution in [0.3, 0.4) is 0 Å². The minimum Gasteiger partial charge on any atom is -0.0914 e. The Balaban J connectivity index is 3.65. The van der Waals surface area contributed by atoms with Crippen LogP contribution in [0.25, 0.3) is 0 Å². The summed E-state index contributed by atoms with van der Waals surface area (Å²) >= 11 is 0. The lowest BCUT2D eigenvalue weighted by Gasteiger charge is -2.09. The molecular weight excluding hydrogens is 132 g/mol. The third-order valence-electron chi connectivity index (χ3n) is 1.79. The smallest absolute Gasteiger partial charge is 0.0257 e. The molecule has 64 valence electrons. The highest BCUT2D eigenvalue weighted by molar-refractivity contribution is 4.89. The standard InChI is InChI=1S/C11H20/c1-5-7-10(3)9-11(4)8-6-2/h5-8,10-11H,9H2,1-4H3. The number of hydrogen-bond acceptors (Lipinski definition) is 0. The average Bonchev–Trinajstić information content (AvgIpc) is 1.87. The summed E-state index contributed by atoms with van der Waals surface area (Å²) in [4.78, 5) is 0. The van der Waals surface area contributed by atoms with Crippen molar-refractivity contribution in [1.29, 1.82) is 0 Å². The van der Waals surface area contributed by atoms with E-state index >= 15 is 0 Å². The second-order valence-electron chi connectivity index (χ2n) is 3.24. The van der Waals surface area contributed by atoms with Gasteiger partial charge in [-0.15, -0.1) is 0 Å². The van der Waals surface area contributed by atoms with Crippen LogP contribution in [0, 0.1) is 11.8 Å². The minimum atomic E-state index is 0.714. The maximum atomic E-state index is 2.26. The predicted octanol–water partition coefficient (Wildman–Crippen LogP) is 3.80. The van der Waals surface area contributed by atoms with Gasteiger partial charge in [0.1, 0.15) is 0 Å². The lowest BCUT2D eigenvalue weighted by Crippen LogP contribution is -1.97. The van der Waals surface area contributed by atoms with E-state index in [0.717, 1.165) is 0 Å². The fourth-order valence-electron chi connectivity index (χ4n) is 1.40. The number of hydrogen-bond donors (Lipinski definition) is 0. The second-order valence-corrected chi connectivity index (χ2v) is 3.24.